The van der Waals surface area contributed by atoms with Crippen molar-refractivity contribution in [3.05, 3.63) is 17.7 Å². The van der Waals surface area contributed by atoms with Crippen molar-refractivity contribution in [3.63, 3.8) is 0 Å². The highest BCUT2D eigenvalue weighted by Crippen LogP contribution is 2.36. The maximum Gasteiger partial charge on any atom is 0.248 e. The lowest BCUT2D eigenvalue weighted by Crippen LogP contribution is -2.13. The summed E-state index contributed by atoms with van der Waals surface area (Å²) in [6, 6.07) is 3.76. The van der Waals surface area contributed by atoms with E-state index in [1.165, 1.54) is 64.2 Å². The van der Waals surface area contributed by atoms with Crippen LogP contribution in [0.4, 0.5) is 0 Å². The van der Waals surface area contributed by atoms with Crippen molar-refractivity contribution in [2.75, 3.05) is 0 Å². The Kier molecular flexibility index (Phi) is 6.29. The van der Waals surface area contributed by atoms with Crippen LogP contribution < -0.4 is 5.73 Å². The zero-order valence-corrected chi connectivity index (χ0v) is 15.3. The van der Waals surface area contributed by atoms with Gasteiger partial charge in [0.1, 0.15) is 0 Å². The van der Waals surface area contributed by atoms with Gasteiger partial charge in [-0.2, -0.15) is 0 Å². The number of aromatic nitrogens is 1. The molecule has 3 nitrogen and oxygen atoms in total. The zero-order chi connectivity index (χ0) is 16.1. The lowest BCUT2D eigenvalue weighted by Gasteiger charge is -2.22. The second-order valence-electron chi connectivity index (χ2n) is 6.65. The van der Waals surface area contributed by atoms with E-state index in [1.54, 1.807) is 0 Å². The first kappa shape index (κ1) is 17.2. The number of hydrogen-bond donors (Lipinski definition) is 1. The SMILES string of the molecule is NC(=O)c1cc(SC2CCCCC2)nc(SC2CCCCC2)c1. The summed E-state index contributed by atoms with van der Waals surface area (Å²) in [6.45, 7) is 0. The van der Waals surface area contributed by atoms with Gasteiger partial charge < -0.3 is 5.73 Å². The minimum Gasteiger partial charge on any atom is -0.366 e. The molecule has 2 N–H and O–H groups in total. The van der Waals surface area contributed by atoms with Crippen molar-refractivity contribution >= 4 is 29.4 Å². The van der Waals surface area contributed by atoms with E-state index in [0.29, 0.717) is 16.1 Å². The number of carbonyl (C=O) groups excluding carboxylic acids is 1. The highest BCUT2D eigenvalue weighted by Gasteiger charge is 2.19. The quantitative estimate of drug-likeness (QED) is 0.809. The van der Waals surface area contributed by atoms with Crippen LogP contribution in [0.3, 0.4) is 0 Å². The second kappa shape index (κ2) is 8.43. The van der Waals surface area contributed by atoms with Crippen molar-refractivity contribution in [2.24, 2.45) is 5.73 Å². The fourth-order valence-electron chi connectivity index (χ4n) is 3.45. The molecule has 0 saturated heterocycles. The van der Waals surface area contributed by atoms with Gasteiger partial charge in [0, 0.05) is 16.1 Å². The summed E-state index contributed by atoms with van der Waals surface area (Å²) in [5, 5.41) is 3.25. The summed E-state index contributed by atoms with van der Waals surface area (Å²) >= 11 is 3.68. The molecule has 0 aliphatic heterocycles. The summed E-state index contributed by atoms with van der Waals surface area (Å²) in [7, 11) is 0. The summed E-state index contributed by atoms with van der Waals surface area (Å²) < 4.78 is 0. The van der Waals surface area contributed by atoms with E-state index in [0.717, 1.165) is 10.1 Å². The van der Waals surface area contributed by atoms with E-state index in [1.807, 2.05) is 35.7 Å². The minimum absolute atomic E-state index is 0.344. The van der Waals surface area contributed by atoms with Crippen LogP contribution in [0.15, 0.2) is 22.2 Å². The normalized spacial score (nSPS) is 20.5. The molecule has 0 radical (unpaired) electrons. The Bertz CT molecular complexity index is 500. The molecule has 0 bridgehead atoms. The van der Waals surface area contributed by atoms with E-state index in [-0.39, 0.29) is 5.91 Å². The highest BCUT2D eigenvalue weighted by atomic mass is 32.2. The smallest absolute Gasteiger partial charge is 0.248 e. The summed E-state index contributed by atoms with van der Waals surface area (Å²) in [5.74, 6) is -0.344. The summed E-state index contributed by atoms with van der Waals surface area (Å²) in [6.07, 6.45) is 13.0. The Morgan fingerprint density at radius 1 is 0.870 bits per heavy atom. The number of thioether (sulfide) groups is 2. The lowest BCUT2D eigenvalue weighted by molar-refractivity contribution is 0.0999. The fraction of sp³-hybridized carbons (Fsp3) is 0.667. The first-order valence-corrected chi connectivity index (χ1v) is 10.6. The maximum atomic E-state index is 11.7. The van der Waals surface area contributed by atoms with Crippen molar-refractivity contribution in [1.82, 2.24) is 4.98 Å². The third kappa shape index (κ3) is 5.15. The first-order chi connectivity index (χ1) is 11.2. The molecule has 126 valence electrons. The average Bonchev–Trinajstić information content (AvgIpc) is 2.56. The molecule has 1 aromatic heterocycles. The Morgan fingerprint density at radius 3 is 1.70 bits per heavy atom. The number of pyridine rings is 1. The predicted molar refractivity (Wildman–Crippen MR) is 98.2 cm³/mol. The van der Waals surface area contributed by atoms with Crippen molar-refractivity contribution in [2.45, 2.75) is 84.8 Å². The molecule has 1 aromatic rings. The van der Waals surface area contributed by atoms with Gasteiger partial charge in [-0.1, -0.05) is 38.5 Å². The van der Waals surface area contributed by atoms with Crippen LogP contribution in [0.5, 0.6) is 0 Å². The van der Waals surface area contributed by atoms with Crippen LogP contribution in [-0.4, -0.2) is 21.4 Å². The van der Waals surface area contributed by atoms with E-state index in [9.17, 15) is 4.79 Å². The Morgan fingerprint density at radius 2 is 1.30 bits per heavy atom. The Labute approximate surface area is 147 Å². The standard InChI is InChI=1S/C18H26N2OS2/c19-18(21)13-11-16(22-14-7-3-1-4-8-14)20-17(12-13)23-15-9-5-2-6-10-15/h11-12,14-15H,1-10H2,(H2,19,21). The van der Waals surface area contributed by atoms with Gasteiger partial charge in [0.05, 0.1) is 10.1 Å². The van der Waals surface area contributed by atoms with Crippen LogP contribution in [0, 0.1) is 0 Å². The lowest BCUT2D eigenvalue weighted by atomic mass is 10.0. The zero-order valence-electron chi connectivity index (χ0n) is 13.6. The van der Waals surface area contributed by atoms with E-state index in [2.05, 4.69) is 0 Å². The Balaban J connectivity index is 1.73. The van der Waals surface area contributed by atoms with Crippen LogP contribution in [0.25, 0.3) is 0 Å². The number of primary amides is 1. The molecule has 0 unspecified atom stereocenters. The van der Waals surface area contributed by atoms with Gasteiger partial charge in [-0.15, -0.1) is 23.5 Å². The van der Waals surface area contributed by atoms with Gasteiger partial charge in [-0.25, -0.2) is 4.98 Å². The number of carbonyl (C=O) groups is 1. The first-order valence-electron chi connectivity index (χ1n) is 8.86. The van der Waals surface area contributed by atoms with Gasteiger partial charge in [0.25, 0.3) is 0 Å². The van der Waals surface area contributed by atoms with Gasteiger partial charge >= 0.3 is 0 Å². The minimum atomic E-state index is -0.344. The monoisotopic (exact) mass is 350 g/mol. The maximum absolute atomic E-state index is 11.7. The highest BCUT2D eigenvalue weighted by molar-refractivity contribution is 8.00. The van der Waals surface area contributed by atoms with Crippen molar-refractivity contribution in [3.8, 4) is 0 Å². The number of rotatable bonds is 5. The van der Waals surface area contributed by atoms with Gasteiger partial charge in [-0.05, 0) is 37.8 Å². The molecule has 23 heavy (non-hydrogen) atoms. The molecule has 2 aliphatic rings. The molecule has 2 fully saturated rings. The molecule has 2 saturated carbocycles. The fourth-order valence-corrected chi connectivity index (χ4v) is 6.02. The number of nitrogens with two attached hydrogens (primary N) is 1. The van der Waals surface area contributed by atoms with Gasteiger partial charge in [0.2, 0.25) is 5.91 Å². The second-order valence-corrected chi connectivity index (χ2v) is 9.29. The number of amides is 1. The largest absolute Gasteiger partial charge is 0.366 e. The Hall–Kier alpha value is -0.680. The molecule has 0 atom stereocenters. The number of nitrogens with zero attached hydrogens (tertiary/aromatic N) is 1. The molecule has 0 spiro atoms. The molecular formula is C18H26N2OS2. The summed E-state index contributed by atoms with van der Waals surface area (Å²) in [5.41, 5.74) is 6.14. The van der Waals surface area contributed by atoms with Crippen LogP contribution >= 0.6 is 23.5 Å². The van der Waals surface area contributed by atoms with Crippen molar-refractivity contribution < 1.29 is 4.79 Å². The van der Waals surface area contributed by atoms with Crippen LogP contribution in [0.2, 0.25) is 0 Å². The van der Waals surface area contributed by atoms with Crippen LogP contribution in [-0.2, 0) is 0 Å². The summed E-state index contributed by atoms with van der Waals surface area (Å²) in [4.78, 5) is 16.5. The average molecular weight is 351 g/mol. The molecule has 1 heterocycles. The molecular weight excluding hydrogens is 324 g/mol. The van der Waals surface area contributed by atoms with Gasteiger partial charge in [-0.3, -0.25) is 4.79 Å². The molecule has 2 aliphatic carbocycles. The van der Waals surface area contributed by atoms with Gasteiger partial charge in [0.15, 0.2) is 0 Å². The third-order valence-corrected chi connectivity index (χ3v) is 7.25. The predicted octanol–water partition coefficient (Wildman–Crippen LogP) is 5.03. The van der Waals surface area contributed by atoms with Crippen LogP contribution in [0.1, 0.15) is 74.6 Å². The third-order valence-electron chi connectivity index (χ3n) is 4.74. The molecule has 0 aromatic carbocycles. The van der Waals surface area contributed by atoms with E-state index >= 15 is 0 Å². The molecule has 5 heteroatoms. The molecule has 1 amide bonds. The van der Waals surface area contributed by atoms with E-state index in [4.69, 9.17) is 10.7 Å². The number of hydrogen-bond acceptors (Lipinski definition) is 4. The van der Waals surface area contributed by atoms with Crippen molar-refractivity contribution in [1.29, 1.82) is 0 Å². The molecule has 3 rings (SSSR count). The topological polar surface area (TPSA) is 56.0 Å². The van der Waals surface area contributed by atoms with E-state index < -0.39 is 0 Å².